The molecule has 0 saturated heterocycles. The van der Waals surface area contributed by atoms with Crippen molar-refractivity contribution in [2.24, 2.45) is 5.92 Å². The molecule has 7 heteroatoms. The molecule has 132 valence electrons. The van der Waals surface area contributed by atoms with Crippen LogP contribution in [-0.2, 0) is 14.3 Å². The molecular formula is C19H17N3O4. The number of para-hydroxylation sites is 3. The zero-order valence-electron chi connectivity index (χ0n) is 14.0. The van der Waals surface area contributed by atoms with Gasteiger partial charge in [-0.3, -0.25) is 14.9 Å². The number of phenolic OH excluding ortho intramolecular Hbond substituents is 1. The van der Waals surface area contributed by atoms with Crippen LogP contribution >= 0.6 is 0 Å². The van der Waals surface area contributed by atoms with Crippen LogP contribution in [0.1, 0.15) is 18.5 Å². The smallest absolute Gasteiger partial charge is 0.321 e. The number of aromatic nitrogens is 2. The van der Waals surface area contributed by atoms with E-state index in [2.05, 4.69) is 10.3 Å². The third kappa shape index (κ3) is 2.40. The van der Waals surface area contributed by atoms with Crippen LogP contribution in [0.3, 0.4) is 0 Å². The monoisotopic (exact) mass is 351 g/mol. The second kappa shape index (κ2) is 6.18. The van der Waals surface area contributed by atoms with Gasteiger partial charge < -0.3 is 14.4 Å². The van der Waals surface area contributed by atoms with E-state index in [-0.39, 0.29) is 12.4 Å². The summed E-state index contributed by atoms with van der Waals surface area (Å²) in [4.78, 5) is 29.7. The van der Waals surface area contributed by atoms with Crippen molar-refractivity contribution < 1.29 is 19.4 Å². The molecule has 4 rings (SSSR count). The second-order valence-electron chi connectivity index (χ2n) is 6.02. The Kier molecular flexibility index (Phi) is 3.84. The maximum atomic E-state index is 12.7. The van der Waals surface area contributed by atoms with E-state index in [1.807, 2.05) is 24.3 Å². The van der Waals surface area contributed by atoms with E-state index in [1.54, 1.807) is 29.7 Å². The standard InChI is InChI=1S/C19H17N3O4/c1-2-26-18(25)15-16(11-7-3-6-10-14(11)23)22-13-9-5-4-8-12(13)20-19(22)21-17(15)24/h3-10,15-16,23H,2H2,1H3,(H,20,21,24)/t15-,16+/m1/s1. The summed E-state index contributed by atoms with van der Waals surface area (Å²) in [7, 11) is 0. The summed E-state index contributed by atoms with van der Waals surface area (Å²) in [5.74, 6) is -1.93. The van der Waals surface area contributed by atoms with Crippen molar-refractivity contribution in [3.05, 3.63) is 54.1 Å². The quantitative estimate of drug-likeness (QED) is 0.558. The van der Waals surface area contributed by atoms with Crippen molar-refractivity contribution in [2.75, 3.05) is 11.9 Å². The molecular weight excluding hydrogens is 334 g/mol. The summed E-state index contributed by atoms with van der Waals surface area (Å²) in [6.07, 6.45) is 0. The lowest BCUT2D eigenvalue weighted by atomic mass is 9.89. The Hall–Kier alpha value is -3.35. The molecule has 2 atom stereocenters. The van der Waals surface area contributed by atoms with Crippen molar-refractivity contribution in [2.45, 2.75) is 13.0 Å². The van der Waals surface area contributed by atoms with E-state index in [0.717, 1.165) is 5.52 Å². The lowest BCUT2D eigenvalue weighted by Crippen LogP contribution is -2.43. The number of fused-ring (bicyclic) bond motifs is 3. The van der Waals surface area contributed by atoms with Crippen LogP contribution in [0.25, 0.3) is 11.0 Å². The van der Waals surface area contributed by atoms with Crippen LogP contribution in [0, 0.1) is 5.92 Å². The Balaban J connectivity index is 1.99. The largest absolute Gasteiger partial charge is 0.508 e. The minimum absolute atomic E-state index is 0.00484. The van der Waals surface area contributed by atoms with Gasteiger partial charge in [-0.05, 0) is 25.1 Å². The van der Waals surface area contributed by atoms with Gasteiger partial charge in [0, 0.05) is 5.56 Å². The van der Waals surface area contributed by atoms with Crippen LogP contribution < -0.4 is 5.32 Å². The molecule has 1 aliphatic rings. The number of nitrogens with zero attached hydrogens (tertiary/aromatic N) is 2. The van der Waals surface area contributed by atoms with Crippen molar-refractivity contribution in [1.29, 1.82) is 0 Å². The number of benzene rings is 2. The lowest BCUT2D eigenvalue weighted by molar-refractivity contribution is -0.152. The van der Waals surface area contributed by atoms with Gasteiger partial charge in [0.25, 0.3) is 0 Å². The number of ether oxygens (including phenoxy) is 1. The van der Waals surface area contributed by atoms with Gasteiger partial charge in [-0.1, -0.05) is 30.3 Å². The van der Waals surface area contributed by atoms with Crippen molar-refractivity contribution >= 4 is 28.9 Å². The molecule has 0 fully saturated rings. The van der Waals surface area contributed by atoms with Gasteiger partial charge in [0.1, 0.15) is 5.75 Å². The molecule has 0 saturated carbocycles. The molecule has 2 heterocycles. The molecule has 7 nitrogen and oxygen atoms in total. The molecule has 0 spiro atoms. The van der Waals surface area contributed by atoms with Gasteiger partial charge in [-0.25, -0.2) is 4.98 Å². The number of carbonyl (C=O) groups is 2. The number of hydrogen-bond donors (Lipinski definition) is 2. The molecule has 1 aromatic heterocycles. The molecule has 0 aliphatic carbocycles. The maximum Gasteiger partial charge on any atom is 0.321 e. The van der Waals surface area contributed by atoms with Gasteiger partial charge in [-0.15, -0.1) is 0 Å². The normalized spacial score (nSPS) is 19.0. The van der Waals surface area contributed by atoms with Crippen molar-refractivity contribution in [3.63, 3.8) is 0 Å². The summed E-state index contributed by atoms with van der Waals surface area (Å²) >= 11 is 0. The van der Waals surface area contributed by atoms with E-state index in [1.165, 1.54) is 6.07 Å². The number of rotatable bonds is 3. The van der Waals surface area contributed by atoms with Crippen LogP contribution in [-0.4, -0.2) is 33.1 Å². The van der Waals surface area contributed by atoms with Gasteiger partial charge in [-0.2, -0.15) is 0 Å². The van der Waals surface area contributed by atoms with Crippen LogP contribution in [0.4, 0.5) is 5.95 Å². The average molecular weight is 351 g/mol. The molecule has 3 aromatic rings. The summed E-state index contributed by atoms with van der Waals surface area (Å²) in [5.41, 5.74) is 1.91. The Morgan fingerprint density at radius 3 is 2.73 bits per heavy atom. The summed E-state index contributed by atoms with van der Waals surface area (Å²) in [5, 5.41) is 13.1. The van der Waals surface area contributed by atoms with E-state index in [9.17, 15) is 14.7 Å². The summed E-state index contributed by atoms with van der Waals surface area (Å²) in [6.45, 7) is 1.85. The van der Waals surface area contributed by atoms with E-state index >= 15 is 0 Å². The first-order valence-corrected chi connectivity index (χ1v) is 8.34. The average Bonchev–Trinajstić information content (AvgIpc) is 2.99. The SMILES string of the molecule is CCOC(=O)[C@H]1C(=O)Nc2nc3ccccc3n2[C@H]1c1ccccc1O. The summed E-state index contributed by atoms with van der Waals surface area (Å²) in [6, 6.07) is 13.3. The molecule has 1 aliphatic heterocycles. The molecule has 2 aromatic carbocycles. The predicted molar refractivity (Wildman–Crippen MR) is 94.7 cm³/mol. The fourth-order valence-corrected chi connectivity index (χ4v) is 3.42. The number of aromatic hydroxyl groups is 1. The van der Waals surface area contributed by atoms with E-state index in [0.29, 0.717) is 17.0 Å². The topological polar surface area (TPSA) is 93.5 Å². The number of imidazole rings is 1. The number of nitrogens with one attached hydrogen (secondary N) is 1. The fraction of sp³-hybridized carbons (Fsp3) is 0.211. The number of hydrogen-bond acceptors (Lipinski definition) is 5. The summed E-state index contributed by atoms with van der Waals surface area (Å²) < 4.78 is 6.90. The van der Waals surface area contributed by atoms with Crippen LogP contribution in [0.5, 0.6) is 5.75 Å². The van der Waals surface area contributed by atoms with Crippen LogP contribution in [0.2, 0.25) is 0 Å². The van der Waals surface area contributed by atoms with Crippen LogP contribution in [0.15, 0.2) is 48.5 Å². The van der Waals surface area contributed by atoms with E-state index < -0.39 is 23.8 Å². The highest BCUT2D eigenvalue weighted by molar-refractivity contribution is 6.07. The van der Waals surface area contributed by atoms with Crippen molar-refractivity contribution in [3.8, 4) is 5.75 Å². The number of carbonyl (C=O) groups excluding carboxylic acids is 2. The number of anilines is 1. The second-order valence-corrected chi connectivity index (χ2v) is 6.02. The highest BCUT2D eigenvalue weighted by atomic mass is 16.5. The third-order valence-electron chi connectivity index (χ3n) is 4.50. The number of phenols is 1. The molecule has 1 amide bonds. The predicted octanol–water partition coefficient (Wildman–Crippen LogP) is 2.46. The molecule has 26 heavy (non-hydrogen) atoms. The fourth-order valence-electron chi connectivity index (χ4n) is 3.42. The van der Waals surface area contributed by atoms with Gasteiger partial charge in [0.2, 0.25) is 11.9 Å². The first kappa shape index (κ1) is 16.1. The Morgan fingerprint density at radius 2 is 1.96 bits per heavy atom. The van der Waals surface area contributed by atoms with Crippen molar-refractivity contribution in [1.82, 2.24) is 9.55 Å². The third-order valence-corrected chi connectivity index (χ3v) is 4.50. The maximum absolute atomic E-state index is 12.7. The Labute approximate surface area is 149 Å². The van der Waals surface area contributed by atoms with Gasteiger partial charge >= 0.3 is 5.97 Å². The first-order valence-electron chi connectivity index (χ1n) is 8.34. The number of esters is 1. The van der Waals surface area contributed by atoms with Gasteiger partial charge in [0.05, 0.1) is 23.7 Å². The highest BCUT2D eigenvalue weighted by Gasteiger charge is 2.44. The molecule has 0 radical (unpaired) electrons. The Bertz CT molecular complexity index is 1010. The molecule has 2 N–H and O–H groups in total. The molecule has 0 bridgehead atoms. The first-order chi connectivity index (χ1) is 12.6. The zero-order chi connectivity index (χ0) is 18.3. The number of amides is 1. The molecule has 0 unspecified atom stereocenters. The minimum atomic E-state index is -1.13. The zero-order valence-corrected chi connectivity index (χ0v) is 14.0. The lowest BCUT2D eigenvalue weighted by Gasteiger charge is -2.32. The van der Waals surface area contributed by atoms with E-state index in [4.69, 9.17) is 4.74 Å². The van der Waals surface area contributed by atoms with Gasteiger partial charge in [0.15, 0.2) is 5.92 Å². The Morgan fingerprint density at radius 1 is 1.23 bits per heavy atom. The minimum Gasteiger partial charge on any atom is -0.508 e. The highest BCUT2D eigenvalue weighted by Crippen LogP contribution is 2.41.